The van der Waals surface area contributed by atoms with Gasteiger partial charge in [-0.3, -0.25) is 19.2 Å². The Morgan fingerprint density at radius 3 is 2.09 bits per heavy atom. The molecule has 0 spiro atoms. The summed E-state index contributed by atoms with van der Waals surface area (Å²) in [6.45, 7) is 19.5. The number of carbonyl (C=O) groups excluding carboxylic acids is 4. The van der Waals surface area contributed by atoms with E-state index >= 15 is 4.79 Å². The Kier molecular flexibility index (Phi) is 18.2. The lowest BCUT2D eigenvalue weighted by Crippen LogP contribution is -2.61. The minimum Gasteiger partial charge on any atom is -0.497 e. The third kappa shape index (κ3) is 11.4. The summed E-state index contributed by atoms with van der Waals surface area (Å²) in [6, 6.07) is 7.22. The van der Waals surface area contributed by atoms with Gasteiger partial charge in [0.2, 0.25) is 0 Å². The van der Waals surface area contributed by atoms with Crippen LogP contribution in [0.3, 0.4) is 0 Å². The molecule has 4 saturated heterocycles. The Morgan fingerprint density at radius 1 is 0.879 bits per heavy atom. The first-order valence-corrected chi connectivity index (χ1v) is 24.5. The second-order valence-corrected chi connectivity index (χ2v) is 20.8. The summed E-state index contributed by atoms with van der Waals surface area (Å²) in [5.74, 6) is -4.43. The van der Waals surface area contributed by atoms with E-state index in [2.05, 4.69) is 5.32 Å². The first-order chi connectivity index (χ1) is 31.0. The molecule has 19 atom stereocenters. The number of carbonyl (C=O) groups is 4. The number of Topliss-reactive ketones (excluding diaryl/α,β-unsaturated/α-hetero) is 1. The van der Waals surface area contributed by atoms with Crippen LogP contribution in [0.4, 0.5) is 0 Å². The number of nitrogens with one attached hydrogen (secondary N) is 1. The van der Waals surface area contributed by atoms with Crippen LogP contribution in [0.5, 0.6) is 5.75 Å². The van der Waals surface area contributed by atoms with Crippen LogP contribution < -0.4 is 10.1 Å². The molecule has 4 fully saturated rings. The SMILES string of the molecule is CC[C@H]1OC(=O)[C@H](C)[C@@H](O[C@H]2C[C@@](C)(OC)[C@@H](OC(C)=O)[C@H](C)O2)[C@H](C)[C@@H](O[C@@H]2O[C@H](C)C[C@H](NC)[C@H]2O)[C@](C)(OC)C[C@@H](C)C(=O)[C@H](C)[C@H]2C(SCc3ccc(OC)cc3)C(=O)O[C@@]21C. The average Bonchev–Trinajstić information content (AvgIpc) is 3.55. The van der Waals surface area contributed by atoms with Crippen molar-refractivity contribution in [2.75, 3.05) is 28.4 Å². The van der Waals surface area contributed by atoms with Gasteiger partial charge >= 0.3 is 17.9 Å². The minimum atomic E-state index is -1.39. The van der Waals surface area contributed by atoms with E-state index in [0.717, 1.165) is 5.56 Å². The molecule has 1 unspecified atom stereocenters. The molecule has 1 aromatic carbocycles. The van der Waals surface area contributed by atoms with Crippen LogP contribution in [0.1, 0.15) is 107 Å². The molecule has 16 nitrogen and oxygen atoms in total. The largest absolute Gasteiger partial charge is 0.497 e. The summed E-state index contributed by atoms with van der Waals surface area (Å²) in [7, 11) is 6.43. The molecule has 0 amide bonds. The van der Waals surface area contributed by atoms with E-state index in [9.17, 15) is 19.5 Å². The van der Waals surface area contributed by atoms with Gasteiger partial charge in [0.05, 0.1) is 43.0 Å². The fraction of sp³-hybridized carbons (Fsp3) is 0.796. The zero-order valence-corrected chi connectivity index (χ0v) is 42.5. The van der Waals surface area contributed by atoms with Crippen molar-refractivity contribution < 1.29 is 71.7 Å². The fourth-order valence-electron chi connectivity index (χ4n) is 11.0. The highest BCUT2D eigenvalue weighted by molar-refractivity contribution is 7.99. The number of rotatable bonds is 13. The molecule has 17 heteroatoms. The molecule has 0 radical (unpaired) electrons. The predicted molar refractivity (Wildman–Crippen MR) is 245 cm³/mol. The van der Waals surface area contributed by atoms with Gasteiger partial charge in [-0.1, -0.05) is 39.8 Å². The Balaban J connectivity index is 1.62. The number of cyclic esters (lactones) is 1. The number of hydrogen-bond donors (Lipinski definition) is 2. The summed E-state index contributed by atoms with van der Waals surface area (Å²) in [5.41, 5.74) is -2.75. The molecular weight excluding hydrogens is 875 g/mol. The van der Waals surface area contributed by atoms with E-state index in [-0.39, 0.29) is 37.2 Å². The summed E-state index contributed by atoms with van der Waals surface area (Å²) >= 11 is 1.39. The van der Waals surface area contributed by atoms with Gasteiger partial charge in [-0.15, -0.1) is 11.8 Å². The molecule has 4 aliphatic rings. The highest BCUT2D eigenvalue weighted by Crippen LogP contribution is 2.50. The maximum Gasteiger partial charge on any atom is 0.320 e. The predicted octanol–water partition coefficient (Wildman–Crippen LogP) is 5.80. The second-order valence-electron chi connectivity index (χ2n) is 19.6. The first kappa shape index (κ1) is 54.1. The topological polar surface area (TPSA) is 193 Å². The van der Waals surface area contributed by atoms with Crippen LogP contribution >= 0.6 is 11.8 Å². The maximum atomic E-state index is 15.1. The molecule has 5 rings (SSSR count). The molecule has 0 aromatic heterocycles. The number of benzene rings is 1. The van der Waals surface area contributed by atoms with E-state index in [1.54, 1.807) is 42.0 Å². The van der Waals surface area contributed by atoms with Crippen molar-refractivity contribution in [1.29, 1.82) is 0 Å². The maximum absolute atomic E-state index is 15.1. The smallest absolute Gasteiger partial charge is 0.320 e. The van der Waals surface area contributed by atoms with Gasteiger partial charge in [-0.2, -0.15) is 0 Å². The van der Waals surface area contributed by atoms with Gasteiger partial charge in [0.1, 0.15) is 34.6 Å². The highest BCUT2D eigenvalue weighted by atomic mass is 32.2. The molecule has 0 saturated carbocycles. The van der Waals surface area contributed by atoms with Crippen LogP contribution in [0, 0.1) is 29.6 Å². The minimum absolute atomic E-state index is 0.113. The summed E-state index contributed by atoms with van der Waals surface area (Å²) in [5, 5.41) is 14.1. The van der Waals surface area contributed by atoms with Crippen molar-refractivity contribution in [1.82, 2.24) is 5.32 Å². The Morgan fingerprint density at radius 2 is 1.52 bits per heavy atom. The van der Waals surface area contributed by atoms with Crippen molar-refractivity contribution in [2.24, 2.45) is 29.6 Å². The van der Waals surface area contributed by atoms with Gasteiger partial charge in [-0.25, -0.2) is 0 Å². The number of aliphatic hydroxyl groups is 1. The number of hydrogen-bond acceptors (Lipinski definition) is 17. The van der Waals surface area contributed by atoms with Crippen LogP contribution in [-0.4, -0.2) is 141 Å². The molecule has 0 aliphatic carbocycles. The Hall–Kier alpha value is -2.87. The van der Waals surface area contributed by atoms with Gasteiger partial charge < -0.3 is 57.8 Å². The first-order valence-electron chi connectivity index (χ1n) is 23.5. The second kappa shape index (κ2) is 22.3. The third-order valence-electron chi connectivity index (χ3n) is 14.8. The molecule has 1 aromatic rings. The molecule has 2 N–H and O–H groups in total. The van der Waals surface area contributed by atoms with Crippen LogP contribution in [0.15, 0.2) is 24.3 Å². The summed E-state index contributed by atoms with van der Waals surface area (Å²) < 4.78 is 63.0. The van der Waals surface area contributed by atoms with E-state index < -0.39 is 119 Å². The van der Waals surface area contributed by atoms with Gasteiger partial charge in [0.15, 0.2) is 24.3 Å². The number of thioether (sulfide) groups is 1. The van der Waals surface area contributed by atoms with Crippen LogP contribution in [0.25, 0.3) is 0 Å². The van der Waals surface area contributed by atoms with Crippen molar-refractivity contribution in [3.8, 4) is 5.75 Å². The number of ether oxygens (including phenoxy) is 10. The lowest BCUT2D eigenvalue weighted by molar-refractivity contribution is -0.318. The van der Waals surface area contributed by atoms with Crippen LogP contribution in [0.2, 0.25) is 0 Å². The quantitative estimate of drug-likeness (QED) is 0.178. The molecule has 4 aliphatic heterocycles. The van der Waals surface area contributed by atoms with E-state index in [0.29, 0.717) is 17.9 Å². The molecule has 4 heterocycles. The Bertz CT molecular complexity index is 1820. The van der Waals surface area contributed by atoms with Gasteiger partial charge in [0.25, 0.3) is 0 Å². The zero-order chi connectivity index (χ0) is 49.1. The third-order valence-corrected chi connectivity index (χ3v) is 16.2. The van der Waals surface area contributed by atoms with E-state index in [1.165, 1.54) is 25.8 Å². The molecule has 66 heavy (non-hydrogen) atoms. The number of esters is 3. The van der Waals surface area contributed by atoms with Crippen molar-refractivity contribution in [3.05, 3.63) is 29.8 Å². The fourth-order valence-corrected chi connectivity index (χ4v) is 12.5. The normalized spacial score (nSPS) is 42.7. The average molecular weight is 952 g/mol. The number of methoxy groups -OCH3 is 3. The molecule has 374 valence electrons. The van der Waals surface area contributed by atoms with Crippen molar-refractivity contribution in [3.63, 3.8) is 0 Å². The highest BCUT2D eigenvalue weighted by Gasteiger charge is 2.62. The lowest BCUT2D eigenvalue weighted by Gasteiger charge is -2.50. The standard InChI is InChI=1S/C49H77NO15S/c1-16-35-49(11)37(41(45(55)65-49)66-24-32-17-19-33(56-13)20-18-32)27(4)38(52)25(2)22-47(9,57-14)42(64-46-39(53)34(50-12)21-26(3)59-46)28(5)40(29(6)44(54)62-35)63-36-23-48(10,58-15)43(30(7)60-36)61-31(8)51/h17-20,25-30,34-37,39-43,46,50,53H,16,21-24H2,1-15H3/t25-,26-,27-,28+,29-,30+,34+,35-,36+,37+,39-,40+,41?,42-,43+,46+,47-,48-,49-/m1/s1. The monoisotopic (exact) mass is 952 g/mol. The zero-order valence-electron chi connectivity index (χ0n) is 41.7. The number of fused-ring (bicyclic) bond motifs is 1. The number of ketones is 1. The summed E-state index contributed by atoms with van der Waals surface area (Å²) in [4.78, 5) is 56.4. The molecule has 0 bridgehead atoms. The van der Waals surface area contributed by atoms with E-state index in [4.69, 9.17) is 47.4 Å². The lowest BCUT2D eigenvalue weighted by atomic mass is 9.70. The Labute approximate surface area is 395 Å². The number of likely N-dealkylation sites (N-methyl/N-ethyl adjacent to an activating group) is 1. The van der Waals surface area contributed by atoms with Crippen molar-refractivity contribution >= 4 is 35.5 Å². The molecular formula is C49H77NO15S. The van der Waals surface area contributed by atoms with Crippen LogP contribution in [-0.2, 0) is 67.6 Å². The van der Waals surface area contributed by atoms with E-state index in [1.807, 2.05) is 72.7 Å². The van der Waals surface area contributed by atoms with Gasteiger partial charge in [-0.05, 0) is 85.5 Å². The summed E-state index contributed by atoms with van der Waals surface area (Å²) in [6.07, 6.45) is -6.87. The van der Waals surface area contributed by atoms with Gasteiger partial charge in [0, 0.05) is 63.0 Å². The van der Waals surface area contributed by atoms with Crippen molar-refractivity contribution in [2.45, 2.75) is 191 Å². The number of aliphatic hydroxyl groups excluding tert-OH is 1.